The SMILES string of the molecule is NNC(c1cc(F)c(Cl)cc1F)c1cccc(Br)c1F. The number of benzene rings is 2. The van der Waals surface area contributed by atoms with E-state index in [1.165, 1.54) is 12.1 Å². The van der Waals surface area contributed by atoms with Crippen molar-refractivity contribution in [2.45, 2.75) is 6.04 Å². The molecule has 0 amide bonds. The zero-order chi connectivity index (χ0) is 14.9. The molecule has 2 rings (SSSR count). The van der Waals surface area contributed by atoms with Crippen LogP contribution in [0.15, 0.2) is 34.8 Å². The van der Waals surface area contributed by atoms with Crippen molar-refractivity contribution in [3.63, 3.8) is 0 Å². The molecule has 7 heteroatoms. The summed E-state index contributed by atoms with van der Waals surface area (Å²) in [6, 6.07) is 5.16. The highest BCUT2D eigenvalue weighted by atomic mass is 79.9. The fraction of sp³-hybridized carbons (Fsp3) is 0.0769. The van der Waals surface area contributed by atoms with Crippen LogP contribution < -0.4 is 11.3 Å². The first-order chi connectivity index (χ1) is 9.45. The zero-order valence-electron chi connectivity index (χ0n) is 9.93. The third-order valence-corrected chi connectivity index (χ3v) is 3.71. The second kappa shape index (κ2) is 6.13. The lowest BCUT2D eigenvalue weighted by molar-refractivity contribution is 0.521. The van der Waals surface area contributed by atoms with Gasteiger partial charge < -0.3 is 0 Å². The fourth-order valence-electron chi connectivity index (χ4n) is 1.85. The van der Waals surface area contributed by atoms with Gasteiger partial charge >= 0.3 is 0 Å². The van der Waals surface area contributed by atoms with E-state index in [0.29, 0.717) is 0 Å². The van der Waals surface area contributed by atoms with Gasteiger partial charge in [-0.05, 0) is 34.1 Å². The minimum absolute atomic E-state index is 0.0856. The van der Waals surface area contributed by atoms with Crippen LogP contribution in [0.3, 0.4) is 0 Å². The largest absolute Gasteiger partial charge is 0.271 e. The molecule has 0 saturated carbocycles. The highest BCUT2D eigenvalue weighted by molar-refractivity contribution is 9.10. The third-order valence-electron chi connectivity index (χ3n) is 2.81. The Hall–Kier alpha value is -1.08. The number of hydrogen-bond donors (Lipinski definition) is 2. The predicted molar refractivity (Wildman–Crippen MR) is 74.6 cm³/mol. The molecular formula is C13H9BrClF3N2. The molecule has 0 fully saturated rings. The van der Waals surface area contributed by atoms with Crippen molar-refractivity contribution in [1.29, 1.82) is 0 Å². The van der Waals surface area contributed by atoms with Crippen LogP contribution >= 0.6 is 27.5 Å². The van der Waals surface area contributed by atoms with Gasteiger partial charge in [-0.25, -0.2) is 18.6 Å². The molecule has 0 saturated heterocycles. The van der Waals surface area contributed by atoms with Gasteiger partial charge in [0.15, 0.2) is 0 Å². The molecule has 0 aromatic heterocycles. The van der Waals surface area contributed by atoms with Gasteiger partial charge in [-0.3, -0.25) is 5.84 Å². The second-order valence-electron chi connectivity index (χ2n) is 4.03. The van der Waals surface area contributed by atoms with E-state index in [-0.39, 0.29) is 20.6 Å². The zero-order valence-corrected chi connectivity index (χ0v) is 12.3. The molecule has 106 valence electrons. The first-order valence-corrected chi connectivity index (χ1v) is 6.67. The molecule has 2 nitrogen and oxygen atoms in total. The Balaban J connectivity index is 2.58. The Labute approximate surface area is 126 Å². The quantitative estimate of drug-likeness (QED) is 0.489. The lowest BCUT2D eigenvalue weighted by Gasteiger charge is -2.19. The van der Waals surface area contributed by atoms with Crippen molar-refractivity contribution >= 4 is 27.5 Å². The maximum atomic E-state index is 14.1. The van der Waals surface area contributed by atoms with E-state index < -0.39 is 23.5 Å². The molecule has 0 aliphatic rings. The maximum absolute atomic E-state index is 14.1. The Morgan fingerprint density at radius 1 is 1.10 bits per heavy atom. The van der Waals surface area contributed by atoms with E-state index in [1.807, 2.05) is 0 Å². The second-order valence-corrected chi connectivity index (χ2v) is 5.29. The van der Waals surface area contributed by atoms with Gasteiger partial charge in [0.25, 0.3) is 0 Å². The number of halogens is 5. The molecule has 3 N–H and O–H groups in total. The smallest absolute Gasteiger partial charge is 0.142 e. The molecule has 0 radical (unpaired) electrons. The van der Waals surface area contributed by atoms with Crippen molar-refractivity contribution in [3.05, 3.63) is 68.4 Å². The lowest BCUT2D eigenvalue weighted by atomic mass is 9.98. The van der Waals surface area contributed by atoms with Gasteiger partial charge in [0.2, 0.25) is 0 Å². The molecule has 0 aliphatic carbocycles. The van der Waals surface area contributed by atoms with Gasteiger partial charge in [-0.1, -0.05) is 23.7 Å². The van der Waals surface area contributed by atoms with E-state index in [2.05, 4.69) is 21.4 Å². The van der Waals surface area contributed by atoms with Crippen molar-refractivity contribution in [2.24, 2.45) is 5.84 Å². The molecule has 2 aromatic rings. The van der Waals surface area contributed by atoms with Crippen molar-refractivity contribution in [1.82, 2.24) is 5.43 Å². The molecule has 0 spiro atoms. The molecule has 1 atom stereocenters. The lowest BCUT2D eigenvalue weighted by Crippen LogP contribution is -2.30. The molecule has 0 bridgehead atoms. The summed E-state index contributed by atoms with van der Waals surface area (Å²) in [5.74, 6) is 3.17. The van der Waals surface area contributed by atoms with Crippen LogP contribution in [-0.2, 0) is 0 Å². The molecule has 0 aliphatic heterocycles. The van der Waals surface area contributed by atoms with E-state index in [9.17, 15) is 13.2 Å². The third kappa shape index (κ3) is 2.83. The average Bonchev–Trinajstić information content (AvgIpc) is 2.41. The van der Waals surface area contributed by atoms with Crippen LogP contribution in [0.25, 0.3) is 0 Å². The minimum atomic E-state index is -1.04. The Kier molecular flexibility index (Phi) is 4.70. The summed E-state index contributed by atoms with van der Waals surface area (Å²) in [4.78, 5) is 0. The predicted octanol–water partition coefficient (Wildman–Crippen LogP) is 4.07. The number of hydrogen-bond acceptors (Lipinski definition) is 2. The summed E-state index contributed by atoms with van der Waals surface area (Å²) in [5, 5.41) is -0.350. The van der Waals surface area contributed by atoms with Crippen LogP contribution in [-0.4, -0.2) is 0 Å². The van der Waals surface area contributed by atoms with Gasteiger partial charge in [0, 0.05) is 11.1 Å². The van der Waals surface area contributed by atoms with Gasteiger partial charge in [0.1, 0.15) is 17.5 Å². The normalized spacial score (nSPS) is 12.5. The number of nitrogens with two attached hydrogens (primary N) is 1. The van der Waals surface area contributed by atoms with Crippen LogP contribution in [0.2, 0.25) is 5.02 Å². The van der Waals surface area contributed by atoms with Crippen molar-refractivity contribution in [3.8, 4) is 0 Å². The standard InChI is InChI=1S/C13H9BrClF3N2/c14-8-3-1-2-6(12(8)18)13(20-19)7-4-11(17)9(15)5-10(7)16/h1-5,13,20H,19H2. The number of hydrazine groups is 1. The Morgan fingerprint density at radius 3 is 2.45 bits per heavy atom. The minimum Gasteiger partial charge on any atom is -0.271 e. The van der Waals surface area contributed by atoms with Crippen molar-refractivity contribution < 1.29 is 13.2 Å². The van der Waals surface area contributed by atoms with Gasteiger partial charge in [-0.2, -0.15) is 0 Å². The van der Waals surface area contributed by atoms with Crippen LogP contribution in [0.4, 0.5) is 13.2 Å². The van der Waals surface area contributed by atoms with Crippen LogP contribution in [0, 0.1) is 17.5 Å². The molecule has 0 heterocycles. The Bertz CT molecular complexity index is 652. The Morgan fingerprint density at radius 2 is 1.80 bits per heavy atom. The summed E-state index contributed by atoms with van der Waals surface area (Å²) >= 11 is 8.52. The molecule has 20 heavy (non-hydrogen) atoms. The fourth-order valence-corrected chi connectivity index (χ4v) is 2.38. The topological polar surface area (TPSA) is 38.0 Å². The highest BCUT2D eigenvalue weighted by Crippen LogP contribution is 2.31. The summed E-state index contributed by atoms with van der Waals surface area (Å²) in [5.41, 5.74) is 2.23. The maximum Gasteiger partial charge on any atom is 0.142 e. The molecular weight excluding hydrogens is 357 g/mol. The van der Waals surface area contributed by atoms with Gasteiger partial charge in [0.05, 0.1) is 15.5 Å². The summed E-state index contributed by atoms with van der Waals surface area (Å²) in [6.07, 6.45) is 0. The first-order valence-electron chi connectivity index (χ1n) is 5.50. The van der Waals surface area contributed by atoms with E-state index in [1.54, 1.807) is 6.07 Å². The monoisotopic (exact) mass is 364 g/mol. The number of rotatable bonds is 3. The van der Waals surface area contributed by atoms with Gasteiger partial charge in [-0.15, -0.1) is 0 Å². The van der Waals surface area contributed by atoms with E-state index in [0.717, 1.165) is 12.1 Å². The first kappa shape index (κ1) is 15.3. The van der Waals surface area contributed by atoms with Crippen LogP contribution in [0.5, 0.6) is 0 Å². The molecule has 1 unspecified atom stereocenters. The summed E-state index contributed by atoms with van der Waals surface area (Å²) in [7, 11) is 0. The average molecular weight is 366 g/mol. The van der Waals surface area contributed by atoms with E-state index >= 15 is 0 Å². The summed E-state index contributed by atoms with van der Waals surface area (Å²) < 4.78 is 41.6. The summed E-state index contributed by atoms with van der Waals surface area (Å²) in [6.45, 7) is 0. The van der Waals surface area contributed by atoms with Crippen LogP contribution in [0.1, 0.15) is 17.2 Å². The highest BCUT2D eigenvalue weighted by Gasteiger charge is 2.22. The van der Waals surface area contributed by atoms with Crippen molar-refractivity contribution in [2.75, 3.05) is 0 Å². The van der Waals surface area contributed by atoms with E-state index in [4.69, 9.17) is 17.4 Å². The molecule has 2 aromatic carbocycles. The number of nitrogens with one attached hydrogen (secondary N) is 1.